The normalized spacial score (nSPS) is 9.94. The van der Waals surface area contributed by atoms with Gasteiger partial charge in [0.25, 0.3) is 5.78 Å². The zero-order valence-corrected chi connectivity index (χ0v) is 8.91. The molecule has 1 aromatic rings. The van der Waals surface area contributed by atoms with Gasteiger partial charge >= 0.3 is 5.97 Å². The number of ketones is 1. The molecular weight excluding hydrogens is 215 g/mol. The molecule has 0 unspecified atom stereocenters. The molecule has 0 aromatic heterocycles. The number of carbonyl (C=O) groups excluding carboxylic acids is 1. The second-order valence-corrected chi connectivity index (χ2v) is 3.12. The molecule has 86 valence electrons. The summed E-state index contributed by atoms with van der Waals surface area (Å²) < 4.78 is 18.0. The van der Waals surface area contributed by atoms with E-state index in [1.54, 1.807) is 6.92 Å². The third kappa shape index (κ3) is 2.18. The van der Waals surface area contributed by atoms with Gasteiger partial charge in [0.1, 0.15) is 11.6 Å². The van der Waals surface area contributed by atoms with Crippen molar-refractivity contribution in [1.29, 1.82) is 0 Å². The van der Waals surface area contributed by atoms with Crippen molar-refractivity contribution in [3.05, 3.63) is 29.1 Å². The van der Waals surface area contributed by atoms with Crippen molar-refractivity contribution in [2.45, 2.75) is 13.3 Å². The summed E-state index contributed by atoms with van der Waals surface area (Å²) in [6.45, 7) is 1.73. The number of halogens is 1. The van der Waals surface area contributed by atoms with E-state index in [9.17, 15) is 14.0 Å². The number of hydrogen-bond acceptors (Lipinski definition) is 3. The van der Waals surface area contributed by atoms with Crippen molar-refractivity contribution in [3.63, 3.8) is 0 Å². The molecule has 0 atom stereocenters. The summed E-state index contributed by atoms with van der Waals surface area (Å²) in [5.41, 5.74) is 0.239. The Morgan fingerprint density at radius 2 is 2.06 bits per heavy atom. The first-order valence-electron chi connectivity index (χ1n) is 4.65. The third-order valence-electron chi connectivity index (χ3n) is 2.19. The molecule has 1 rings (SSSR count). The van der Waals surface area contributed by atoms with E-state index in [-0.39, 0.29) is 11.3 Å². The zero-order chi connectivity index (χ0) is 12.3. The lowest BCUT2D eigenvalue weighted by Gasteiger charge is -2.10. The van der Waals surface area contributed by atoms with Crippen LogP contribution in [0.15, 0.2) is 12.1 Å². The largest absolute Gasteiger partial charge is 0.496 e. The van der Waals surface area contributed by atoms with Crippen LogP contribution in [0.1, 0.15) is 22.8 Å². The predicted molar refractivity (Wildman–Crippen MR) is 54.3 cm³/mol. The van der Waals surface area contributed by atoms with Crippen LogP contribution in [-0.4, -0.2) is 24.0 Å². The average molecular weight is 226 g/mol. The molecule has 0 fully saturated rings. The highest BCUT2D eigenvalue weighted by Gasteiger charge is 2.21. The van der Waals surface area contributed by atoms with Crippen molar-refractivity contribution in [3.8, 4) is 5.75 Å². The molecule has 1 N–H and O–H groups in total. The molecule has 0 spiro atoms. The summed E-state index contributed by atoms with van der Waals surface area (Å²) in [7, 11) is 1.34. The molecule has 0 aliphatic heterocycles. The maximum Gasteiger partial charge on any atom is 0.377 e. The molecule has 4 nitrogen and oxygen atoms in total. The summed E-state index contributed by atoms with van der Waals surface area (Å²) in [6.07, 6.45) is 0.387. The van der Waals surface area contributed by atoms with E-state index >= 15 is 0 Å². The Labute approximate surface area is 91.7 Å². The Balaban J connectivity index is 3.42. The van der Waals surface area contributed by atoms with E-state index in [2.05, 4.69) is 0 Å². The summed E-state index contributed by atoms with van der Waals surface area (Å²) in [4.78, 5) is 21.9. The maximum atomic E-state index is 13.1. The molecule has 0 aliphatic carbocycles. The molecule has 0 saturated carbocycles. The van der Waals surface area contributed by atoms with E-state index < -0.39 is 17.6 Å². The van der Waals surface area contributed by atoms with E-state index in [0.29, 0.717) is 12.0 Å². The summed E-state index contributed by atoms with van der Waals surface area (Å²) in [6, 6.07) is 2.04. The van der Waals surface area contributed by atoms with Crippen molar-refractivity contribution in [1.82, 2.24) is 0 Å². The highest BCUT2D eigenvalue weighted by atomic mass is 19.1. The van der Waals surface area contributed by atoms with Crippen molar-refractivity contribution in [2.75, 3.05) is 7.11 Å². The first-order valence-corrected chi connectivity index (χ1v) is 4.65. The SMILES string of the molecule is CCc1c(OC)cc(F)cc1C(=O)C(=O)O. The second-order valence-electron chi connectivity index (χ2n) is 3.12. The van der Waals surface area contributed by atoms with Gasteiger partial charge in [0, 0.05) is 17.2 Å². The fourth-order valence-electron chi connectivity index (χ4n) is 1.48. The average Bonchev–Trinajstić information content (AvgIpc) is 2.26. The molecule has 0 heterocycles. The van der Waals surface area contributed by atoms with Crippen LogP contribution in [0.4, 0.5) is 4.39 Å². The topological polar surface area (TPSA) is 63.6 Å². The number of aliphatic carboxylic acids is 1. The van der Waals surface area contributed by atoms with Crippen LogP contribution >= 0.6 is 0 Å². The van der Waals surface area contributed by atoms with Crippen LogP contribution in [0.2, 0.25) is 0 Å². The highest BCUT2D eigenvalue weighted by Crippen LogP contribution is 2.25. The minimum atomic E-state index is -1.61. The molecule has 5 heteroatoms. The fourth-order valence-corrected chi connectivity index (χ4v) is 1.48. The number of rotatable bonds is 4. The van der Waals surface area contributed by atoms with Gasteiger partial charge < -0.3 is 9.84 Å². The number of benzene rings is 1. The zero-order valence-electron chi connectivity index (χ0n) is 8.91. The highest BCUT2D eigenvalue weighted by molar-refractivity contribution is 6.40. The van der Waals surface area contributed by atoms with Crippen LogP contribution in [-0.2, 0) is 11.2 Å². The van der Waals surface area contributed by atoms with Gasteiger partial charge in [-0.2, -0.15) is 0 Å². The van der Waals surface area contributed by atoms with E-state index in [0.717, 1.165) is 12.1 Å². The monoisotopic (exact) mass is 226 g/mol. The number of carboxylic acids is 1. The number of Topliss-reactive ketones (excluding diaryl/α,β-unsaturated/α-hetero) is 1. The Bertz CT molecular complexity index is 440. The Morgan fingerprint density at radius 1 is 1.44 bits per heavy atom. The molecule has 0 amide bonds. The molecule has 16 heavy (non-hydrogen) atoms. The van der Waals surface area contributed by atoms with Crippen LogP contribution in [0.25, 0.3) is 0 Å². The summed E-state index contributed by atoms with van der Waals surface area (Å²) in [5.74, 6) is -3.25. The Kier molecular flexibility index (Phi) is 3.60. The summed E-state index contributed by atoms with van der Waals surface area (Å²) >= 11 is 0. The predicted octanol–water partition coefficient (Wildman–Crippen LogP) is 1.66. The maximum absolute atomic E-state index is 13.1. The lowest BCUT2D eigenvalue weighted by molar-refractivity contribution is -0.131. The Hall–Kier alpha value is -1.91. The minimum Gasteiger partial charge on any atom is -0.496 e. The van der Waals surface area contributed by atoms with E-state index in [1.165, 1.54) is 7.11 Å². The quantitative estimate of drug-likeness (QED) is 0.626. The molecule has 0 saturated heterocycles. The second kappa shape index (κ2) is 4.74. The van der Waals surface area contributed by atoms with E-state index in [1.807, 2.05) is 0 Å². The molecule has 0 bridgehead atoms. The molecular formula is C11H11FO4. The van der Waals surface area contributed by atoms with Gasteiger partial charge in [0.15, 0.2) is 0 Å². The fraction of sp³-hybridized carbons (Fsp3) is 0.273. The van der Waals surface area contributed by atoms with Crippen LogP contribution < -0.4 is 4.74 Å². The lowest BCUT2D eigenvalue weighted by atomic mass is 10.00. The Morgan fingerprint density at radius 3 is 2.50 bits per heavy atom. The van der Waals surface area contributed by atoms with Gasteiger partial charge in [-0.1, -0.05) is 6.92 Å². The molecule has 1 aromatic carbocycles. The first kappa shape index (κ1) is 12.2. The number of carbonyl (C=O) groups is 2. The van der Waals surface area contributed by atoms with Gasteiger partial charge in [-0.15, -0.1) is 0 Å². The van der Waals surface area contributed by atoms with Gasteiger partial charge in [-0.3, -0.25) is 4.79 Å². The van der Waals surface area contributed by atoms with Gasteiger partial charge in [0.05, 0.1) is 7.11 Å². The van der Waals surface area contributed by atoms with Crippen LogP contribution in [0, 0.1) is 5.82 Å². The summed E-state index contributed by atoms with van der Waals surface area (Å²) in [5, 5.41) is 8.60. The first-order chi connectivity index (χ1) is 7.51. The minimum absolute atomic E-state index is 0.160. The lowest BCUT2D eigenvalue weighted by Crippen LogP contribution is -2.15. The van der Waals surface area contributed by atoms with Crippen LogP contribution in [0.5, 0.6) is 5.75 Å². The molecule has 0 radical (unpaired) electrons. The van der Waals surface area contributed by atoms with Crippen molar-refractivity contribution < 1.29 is 23.8 Å². The van der Waals surface area contributed by atoms with Gasteiger partial charge in [-0.05, 0) is 12.5 Å². The van der Waals surface area contributed by atoms with Gasteiger partial charge in [0.2, 0.25) is 0 Å². The standard InChI is InChI=1S/C11H11FO4/c1-3-7-8(10(13)11(14)15)4-6(12)5-9(7)16-2/h4-5H,3H2,1-2H3,(H,14,15). The number of ether oxygens (including phenoxy) is 1. The van der Waals surface area contributed by atoms with Crippen molar-refractivity contribution >= 4 is 11.8 Å². The van der Waals surface area contributed by atoms with Crippen molar-refractivity contribution in [2.24, 2.45) is 0 Å². The number of methoxy groups -OCH3 is 1. The molecule has 0 aliphatic rings. The number of carboxylic acid groups (broad SMARTS) is 1. The van der Waals surface area contributed by atoms with E-state index in [4.69, 9.17) is 9.84 Å². The van der Waals surface area contributed by atoms with Gasteiger partial charge in [-0.25, -0.2) is 9.18 Å². The van der Waals surface area contributed by atoms with Crippen LogP contribution in [0.3, 0.4) is 0 Å². The smallest absolute Gasteiger partial charge is 0.377 e. The third-order valence-corrected chi connectivity index (χ3v) is 2.19. The number of hydrogen-bond donors (Lipinski definition) is 1.